The molecule has 28 heavy (non-hydrogen) atoms. The Kier molecular flexibility index (Phi) is 8.53. The highest BCUT2D eigenvalue weighted by molar-refractivity contribution is 5.99. The summed E-state index contributed by atoms with van der Waals surface area (Å²) in [7, 11) is 0. The van der Waals surface area contributed by atoms with Gasteiger partial charge in [-0.3, -0.25) is 9.59 Å². The molecule has 0 heterocycles. The van der Waals surface area contributed by atoms with Gasteiger partial charge in [0, 0.05) is 17.8 Å². The van der Waals surface area contributed by atoms with Crippen LogP contribution in [0.4, 0.5) is 5.69 Å². The average molecular weight is 383 g/mol. The molecule has 2 rings (SSSR count). The molecule has 2 amide bonds. The molecule has 2 aromatic carbocycles. The van der Waals surface area contributed by atoms with Crippen LogP contribution in [0.2, 0.25) is 0 Å². The van der Waals surface area contributed by atoms with E-state index in [1.165, 1.54) is 0 Å². The normalized spacial score (nSPS) is 10.4. The number of carbonyl (C=O) groups excluding carboxylic acids is 2. The van der Waals surface area contributed by atoms with Gasteiger partial charge in [0.05, 0.1) is 6.61 Å². The van der Waals surface area contributed by atoms with Gasteiger partial charge in [-0.25, -0.2) is 0 Å². The molecule has 0 aliphatic heterocycles. The molecule has 0 aliphatic rings. The zero-order valence-corrected chi connectivity index (χ0v) is 17.0. The Labute approximate surface area is 167 Å². The zero-order valence-electron chi connectivity index (χ0n) is 17.0. The van der Waals surface area contributed by atoms with Gasteiger partial charge in [0.1, 0.15) is 12.3 Å². The monoisotopic (exact) mass is 382 g/mol. The third kappa shape index (κ3) is 6.41. The summed E-state index contributed by atoms with van der Waals surface area (Å²) in [6.07, 6.45) is 2.86. The fourth-order valence-electron chi connectivity index (χ4n) is 2.81. The van der Waals surface area contributed by atoms with Crippen LogP contribution in [0.3, 0.4) is 0 Å². The number of aryl methyl sites for hydroxylation is 1. The van der Waals surface area contributed by atoms with Gasteiger partial charge in [-0.05, 0) is 55.7 Å². The van der Waals surface area contributed by atoms with Gasteiger partial charge in [0.25, 0.3) is 5.91 Å². The van der Waals surface area contributed by atoms with E-state index in [0.717, 1.165) is 36.3 Å². The predicted octanol–water partition coefficient (Wildman–Crippen LogP) is 4.66. The number of carbonyl (C=O) groups is 2. The van der Waals surface area contributed by atoms with Crippen molar-refractivity contribution in [2.24, 2.45) is 0 Å². The number of ether oxygens (including phenoxy) is 1. The summed E-state index contributed by atoms with van der Waals surface area (Å²) in [4.78, 5) is 26.9. The van der Waals surface area contributed by atoms with Gasteiger partial charge in [0.2, 0.25) is 5.91 Å². The number of hydrogen-bond acceptors (Lipinski definition) is 3. The minimum atomic E-state index is -0.199. The molecule has 0 atom stereocenters. The quantitative estimate of drug-likeness (QED) is 0.608. The maximum Gasteiger partial charge on any atom is 0.254 e. The van der Waals surface area contributed by atoms with Crippen molar-refractivity contribution in [2.45, 2.75) is 40.0 Å². The Morgan fingerprint density at radius 2 is 1.71 bits per heavy atom. The highest BCUT2D eigenvalue weighted by Gasteiger charge is 2.18. The third-order valence-corrected chi connectivity index (χ3v) is 4.40. The number of unbranched alkanes of at least 4 members (excludes halogenated alkanes) is 1. The van der Waals surface area contributed by atoms with Crippen molar-refractivity contribution >= 4 is 17.5 Å². The second-order valence-electron chi connectivity index (χ2n) is 6.82. The van der Waals surface area contributed by atoms with Crippen LogP contribution in [0.25, 0.3) is 0 Å². The Morgan fingerprint density at radius 1 is 1.00 bits per heavy atom. The first kappa shape index (κ1) is 21.5. The summed E-state index contributed by atoms with van der Waals surface area (Å²) in [6.45, 7) is 7.26. The van der Waals surface area contributed by atoms with Gasteiger partial charge in [-0.15, -0.1) is 0 Å². The maximum absolute atomic E-state index is 12.9. The lowest BCUT2D eigenvalue weighted by molar-refractivity contribution is -0.116. The smallest absolute Gasteiger partial charge is 0.254 e. The molecular formula is C23H30N2O3. The number of rotatable bonds is 10. The van der Waals surface area contributed by atoms with E-state index in [2.05, 4.69) is 12.2 Å². The van der Waals surface area contributed by atoms with Crippen molar-refractivity contribution in [1.29, 1.82) is 0 Å². The lowest BCUT2D eigenvalue weighted by Gasteiger charge is -2.22. The van der Waals surface area contributed by atoms with E-state index in [0.29, 0.717) is 18.7 Å². The van der Waals surface area contributed by atoms with Crippen LogP contribution in [0.15, 0.2) is 48.5 Å². The lowest BCUT2D eigenvalue weighted by atomic mass is 10.1. The molecule has 0 bridgehead atoms. The summed E-state index contributed by atoms with van der Waals surface area (Å²) in [5.41, 5.74) is 2.31. The Morgan fingerprint density at radius 3 is 2.36 bits per heavy atom. The van der Waals surface area contributed by atoms with Gasteiger partial charge >= 0.3 is 0 Å². The number of anilines is 1. The highest BCUT2D eigenvalue weighted by atomic mass is 16.5. The van der Waals surface area contributed by atoms with Crippen LogP contribution >= 0.6 is 0 Å². The van der Waals surface area contributed by atoms with Crippen molar-refractivity contribution in [3.63, 3.8) is 0 Å². The molecule has 0 unspecified atom stereocenters. The van der Waals surface area contributed by atoms with Gasteiger partial charge in [-0.2, -0.15) is 0 Å². The topological polar surface area (TPSA) is 58.6 Å². The molecule has 5 nitrogen and oxygen atoms in total. The van der Waals surface area contributed by atoms with E-state index in [4.69, 9.17) is 4.74 Å². The summed E-state index contributed by atoms with van der Waals surface area (Å²) >= 11 is 0. The SMILES string of the molecule is CCCCOc1ccc(C(=O)N(CCC)CC(=O)Nc2ccccc2C)cc1. The first-order chi connectivity index (χ1) is 13.5. The van der Waals surface area contributed by atoms with Crippen molar-refractivity contribution < 1.29 is 14.3 Å². The van der Waals surface area contributed by atoms with Gasteiger partial charge in [-0.1, -0.05) is 38.5 Å². The van der Waals surface area contributed by atoms with Gasteiger partial charge in [0.15, 0.2) is 0 Å². The zero-order chi connectivity index (χ0) is 20.4. The molecule has 0 aliphatic carbocycles. The van der Waals surface area contributed by atoms with Crippen LogP contribution in [0.5, 0.6) is 5.75 Å². The van der Waals surface area contributed by atoms with E-state index < -0.39 is 0 Å². The molecular weight excluding hydrogens is 352 g/mol. The van der Waals surface area contributed by atoms with Crippen LogP contribution in [0, 0.1) is 6.92 Å². The summed E-state index contributed by atoms with van der Waals surface area (Å²) < 4.78 is 5.64. The highest BCUT2D eigenvalue weighted by Crippen LogP contribution is 2.16. The van der Waals surface area contributed by atoms with E-state index >= 15 is 0 Å². The van der Waals surface area contributed by atoms with Crippen molar-refractivity contribution in [2.75, 3.05) is 25.0 Å². The summed E-state index contributed by atoms with van der Waals surface area (Å²) in [5.74, 6) is 0.404. The number of nitrogens with zero attached hydrogens (tertiary/aromatic N) is 1. The molecule has 0 spiro atoms. The van der Waals surface area contributed by atoms with Crippen molar-refractivity contribution in [3.8, 4) is 5.75 Å². The van der Waals surface area contributed by atoms with E-state index in [9.17, 15) is 9.59 Å². The number of amides is 2. The number of nitrogens with one attached hydrogen (secondary N) is 1. The Hall–Kier alpha value is -2.82. The Bertz CT molecular complexity index is 772. The second-order valence-corrected chi connectivity index (χ2v) is 6.82. The Balaban J connectivity index is 2.00. The van der Waals surface area contributed by atoms with Crippen LogP contribution in [-0.2, 0) is 4.79 Å². The van der Waals surface area contributed by atoms with Gasteiger partial charge < -0.3 is 15.0 Å². The fraction of sp³-hybridized carbons (Fsp3) is 0.391. The van der Waals surface area contributed by atoms with Crippen LogP contribution < -0.4 is 10.1 Å². The second kappa shape index (κ2) is 11.1. The molecule has 5 heteroatoms. The molecule has 0 radical (unpaired) electrons. The molecule has 0 saturated heterocycles. The van der Waals surface area contributed by atoms with E-state index in [1.54, 1.807) is 29.2 Å². The summed E-state index contributed by atoms with van der Waals surface area (Å²) in [5, 5.41) is 2.89. The number of para-hydroxylation sites is 1. The van der Waals surface area contributed by atoms with Crippen LogP contribution in [-0.4, -0.2) is 36.4 Å². The standard InChI is InChI=1S/C23H30N2O3/c1-4-6-16-28-20-13-11-19(12-14-20)23(27)25(15-5-2)17-22(26)24-21-10-8-7-9-18(21)3/h7-14H,4-6,15-17H2,1-3H3,(H,24,26). The number of benzene rings is 2. The van der Waals surface area contributed by atoms with E-state index in [-0.39, 0.29) is 18.4 Å². The minimum absolute atomic E-state index is 0.0236. The fourth-order valence-corrected chi connectivity index (χ4v) is 2.81. The third-order valence-electron chi connectivity index (χ3n) is 4.40. The average Bonchev–Trinajstić information content (AvgIpc) is 2.69. The van der Waals surface area contributed by atoms with E-state index in [1.807, 2.05) is 38.1 Å². The summed E-state index contributed by atoms with van der Waals surface area (Å²) in [6, 6.07) is 14.7. The number of hydrogen-bond donors (Lipinski definition) is 1. The van der Waals surface area contributed by atoms with Crippen LogP contribution in [0.1, 0.15) is 49.0 Å². The first-order valence-electron chi connectivity index (χ1n) is 9.92. The van der Waals surface area contributed by atoms with Crippen molar-refractivity contribution in [1.82, 2.24) is 4.90 Å². The molecule has 0 fully saturated rings. The molecule has 2 aromatic rings. The molecule has 0 saturated carbocycles. The molecule has 0 aromatic heterocycles. The minimum Gasteiger partial charge on any atom is -0.494 e. The molecule has 150 valence electrons. The first-order valence-corrected chi connectivity index (χ1v) is 9.92. The maximum atomic E-state index is 12.9. The van der Waals surface area contributed by atoms with Crippen molar-refractivity contribution in [3.05, 3.63) is 59.7 Å². The lowest BCUT2D eigenvalue weighted by Crippen LogP contribution is -2.38. The largest absolute Gasteiger partial charge is 0.494 e. The molecule has 1 N–H and O–H groups in total. The predicted molar refractivity (Wildman–Crippen MR) is 113 cm³/mol.